The van der Waals surface area contributed by atoms with Crippen molar-refractivity contribution in [1.29, 1.82) is 0 Å². The molecular weight excluding hydrogens is 217 g/mol. The van der Waals surface area contributed by atoms with Gasteiger partial charge in [-0.25, -0.2) is 4.39 Å². The van der Waals surface area contributed by atoms with Crippen molar-refractivity contribution in [2.75, 3.05) is 7.05 Å². The topological polar surface area (TPSA) is 37.3 Å². The van der Waals surface area contributed by atoms with Crippen molar-refractivity contribution in [3.05, 3.63) is 53.8 Å². The average molecular weight is 233 g/mol. The van der Waals surface area contributed by atoms with Crippen molar-refractivity contribution < 1.29 is 4.39 Å². The second-order valence-corrected chi connectivity index (χ2v) is 3.40. The molecule has 0 saturated heterocycles. The molecule has 1 aromatic rings. The summed E-state index contributed by atoms with van der Waals surface area (Å²) in [6.45, 7) is 6.07. The number of pyridine rings is 1. The normalized spacial score (nSPS) is 11.8. The van der Waals surface area contributed by atoms with Gasteiger partial charge in [-0.05, 0) is 19.1 Å². The fraction of sp³-hybridized carbons (Fsp3) is 0.231. The lowest BCUT2D eigenvalue weighted by Gasteiger charge is -2.09. The average Bonchev–Trinajstić information content (AvgIpc) is 2.34. The van der Waals surface area contributed by atoms with Crippen LogP contribution in [-0.4, -0.2) is 18.2 Å². The third-order valence-electron chi connectivity index (χ3n) is 2.23. The van der Waals surface area contributed by atoms with E-state index in [4.69, 9.17) is 0 Å². The summed E-state index contributed by atoms with van der Waals surface area (Å²) in [4.78, 5) is 7.87. The van der Waals surface area contributed by atoms with E-state index in [2.05, 4.69) is 21.9 Å². The van der Waals surface area contributed by atoms with Gasteiger partial charge in [0, 0.05) is 30.7 Å². The van der Waals surface area contributed by atoms with Crippen LogP contribution in [0, 0.1) is 5.82 Å². The van der Waals surface area contributed by atoms with Crippen LogP contribution in [0.1, 0.15) is 12.6 Å². The van der Waals surface area contributed by atoms with Gasteiger partial charge in [0.05, 0.1) is 12.2 Å². The molecule has 0 radical (unpaired) electrons. The van der Waals surface area contributed by atoms with E-state index >= 15 is 0 Å². The lowest BCUT2D eigenvalue weighted by atomic mass is 10.2. The zero-order valence-electron chi connectivity index (χ0n) is 10.1. The highest BCUT2D eigenvalue weighted by Crippen LogP contribution is 2.06. The Bertz CT molecular complexity index is 450. The molecule has 3 nitrogen and oxygen atoms in total. The number of nitrogens with one attached hydrogen (secondary N) is 1. The number of aromatic nitrogens is 1. The minimum Gasteiger partial charge on any atom is -0.379 e. The van der Waals surface area contributed by atoms with E-state index in [0.717, 1.165) is 5.57 Å². The molecule has 0 aliphatic carbocycles. The molecule has 0 aliphatic heterocycles. The van der Waals surface area contributed by atoms with E-state index in [9.17, 15) is 4.39 Å². The van der Waals surface area contributed by atoms with Gasteiger partial charge >= 0.3 is 0 Å². The van der Waals surface area contributed by atoms with Crippen LogP contribution in [0.5, 0.6) is 0 Å². The smallest absolute Gasteiger partial charge is 0.146 e. The SMILES string of the molecule is C=C(NCc1ncccc1F)/C(C=NC)=C/C. The molecule has 1 aromatic heterocycles. The summed E-state index contributed by atoms with van der Waals surface area (Å²) in [5.74, 6) is -0.320. The van der Waals surface area contributed by atoms with Crippen LogP contribution >= 0.6 is 0 Å². The fourth-order valence-electron chi connectivity index (χ4n) is 1.31. The molecule has 4 heteroatoms. The maximum Gasteiger partial charge on any atom is 0.146 e. The molecule has 0 atom stereocenters. The fourth-order valence-corrected chi connectivity index (χ4v) is 1.31. The monoisotopic (exact) mass is 233 g/mol. The molecule has 1 N–H and O–H groups in total. The highest BCUT2D eigenvalue weighted by atomic mass is 19.1. The lowest BCUT2D eigenvalue weighted by Crippen LogP contribution is -2.16. The summed E-state index contributed by atoms with van der Waals surface area (Å²) in [5, 5.41) is 3.02. The maximum absolute atomic E-state index is 13.3. The molecular formula is C13H16FN3. The van der Waals surface area contributed by atoms with Gasteiger partial charge in [-0.15, -0.1) is 0 Å². The molecule has 0 bridgehead atoms. The minimum absolute atomic E-state index is 0.306. The highest BCUT2D eigenvalue weighted by Gasteiger charge is 2.03. The Morgan fingerprint density at radius 3 is 3.00 bits per heavy atom. The van der Waals surface area contributed by atoms with Gasteiger partial charge in [-0.1, -0.05) is 12.7 Å². The first-order valence-electron chi connectivity index (χ1n) is 5.30. The Kier molecular flexibility index (Phi) is 5.07. The van der Waals surface area contributed by atoms with Crippen molar-refractivity contribution >= 4 is 6.21 Å². The van der Waals surface area contributed by atoms with E-state index in [0.29, 0.717) is 17.9 Å². The predicted molar refractivity (Wildman–Crippen MR) is 68.3 cm³/mol. The number of aliphatic imine (C=N–C) groups is 1. The van der Waals surface area contributed by atoms with E-state index < -0.39 is 0 Å². The largest absolute Gasteiger partial charge is 0.379 e. The van der Waals surface area contributed by atoms with Crippen molar-refractivity contribution in [3.8, 4) is 0 Å². The first-order chi connectivity index (χ1) is 8.19. The molecule has 0 spiro atoms. The van der Waals surface area contributed by atoms with Crippen LogP contribution in [-0.2, 0) is 6.54 Å². The quantitative estimate of drug-likeness (QED) is 0.626. The Labute approximate surface area is 101 Å². The molecule has 0 aromatic carbocycles. The van der Waals surface area contributed by atoms with Gasteiger partial charge in [-0.3, -0.25) is 9.98 Å². The number of halogens is 1. The van der Waals surface area contributed by atoms with Crippen molar-refractivity contribution in [1.82, 2.24) is 10.3 Å². The van der Waals surface area contributed by atoms with Crippen LogP contribution in [0.25, 0.3) is 0 Å². The summed E-state index contributed by atoms with van der Waals surface area (Å²) in [5.41, 5.74) is 1.95. The number of rotatable bonds is 5. The third-order valence-corrected chi connectivity index (χ3v) is 2.23. The summed E-state index contributed by atoms with van der Waals surface area (Å²) in [6, 6.07) is 2.95. The molecule has 17 heavy (non-hydrogen) atoms. The second-order valence-electron chi connectivity index (χ2n) is 3.40. The molecule has 90 valence electrons. The van der Waals surface area contributed by atoms with E-state index in [1.54, 1.807) is 25.5 Å². The molecule has 0 amide bonds. The van der Waals surface area contributed by atoms with Crippen LogP contribution < -0.4 is 5.32 Å². The summed E-state index contributed by atoms with van der Waals surface area (Å²) in [6.07, 6.45) is 5.15. The molecule has 1 heterocycles. The van der Waals surface area contributed by atoms with Gasteiger partial charge in [0.15, 0.2) is 0 Å². The molecule has 0 fully saturated rings. The zero-order valence-corrected chi connectivity index (χ0v) is 10.1. The van der Waals surface area contributed by atoms with Gasteiger partial charge in [-0.2, -0.15) is 0 Å². The van der Waals surface area contributed by atoms with Gasteiger partial charge in [0.2, 0.25) is 0 Å². The van der Waals surface area contributed by atoms with Crippen molar-refractivity contribution in [3.63, 3.8) is 0 Å². The van der Waals surface area contributed by atoms with Crippen LogP contribution in [0.2, 0.25) is 0 Å². The van der Waals surface area contributed by atoms with E-state index in [-0.39, 0.29) is 5.82 Å². The standard InChI is InChI=1S/C13H16FN3/c1-4-11(8-15-3)10(2)17-9-13-12(14)6-5-7-16-13/h4-8,17H,2,9H2,1,3H3/b11-4+,15-8?. The van der Waals surface area contributed by atoms with Gasteiger partial charge < -0.3 is 5.32 Å². The number of allylic oxidation sites excluding steroid dienone is 2. The van der Waals surface area contributed by atoms with Crippen LogP contribution in [0.4, 0.5) is 4.39 Å². The van der Waals surface area contributed by atoms with E-state index in [1.165, 1.54) is 6.07 Å². The number of nitrogens with zero attached hydrogens (tertiary/aromatic N) is 2. The Hall–Kier alpha value is -1.97. The Morgan fingerprint density at radius 1 is 1.65 bits per heavy atom. The highest BCUT2D eigenvalue weighted by molar-refractivity contribution is 5.83. The summed E-state index contributed by atoms with van der Waals surface area (Å²) in [7, 11) is 1.69. The van der Waals surface area contributed by atoms with Gasteiger partial charge in [0.25, 0.3) is 0 Å². The van der Waals surface area contributed by atoms with E-state index in [1.807, 2.05) is 13.0 Å². The Morgan fingerprint density at radius 2 is 2.41 bits per heavy atom. The van der Waals surface area contributed by atoms with Crippen molar-refractivity contribution in [2.24, 2.45) is 4.99 Å². The maximum atomic E-state index is 13.3. The van der Waals surface area contributed by atoms with Gasteiger partial charge in [0.1, 0.15) is 5.82 Å². The lowest BCUT2D eigenvalue weighted by molar-refractivity contribution is 0.589. The Balaban J connectivity index is 2.63. The third kappa shape index (κ3) is 3.83. The molecule has 0 unspecified atom stereocenters. The summed E-state index contributed by atoms with van der Waals surface area (Å²) >= 11 is 0. The summed E-state index contributed by atoms with van der Waals surface area (Å²) < 4.78 is 13.3. The first kappa shape index (κ1) is 13.1. The number of hydrogen-bond acceptors (Lipinski definition) is 3. The number of hydrogen-bond donors (Lipinski definition) is 1. The second kappa shape index (κ2) is 6.58. The minimum atomic E-state index is -0.320. The van der Waals surface area contributed by atoms with Crippen LogP contribution in [0.15, 0.2) is 47.2 Å². The zero-order chi connectivity index (χ0) is 12.7. The molecule has 1 rings (SSSR count). The molecule has 0 aliphatic rings. The first-order valence-corrected chi connectivity index (χ1v) is 5.30. The van der Waals surface area contributed by atoms with Crippen molar-refractivity contribution in [2.45, 2.75) is 13.5 Å². The predicted octanol–water partition coefficient (Wildman–Crippen LogP) is 2.47. The van der Waals surface area contributed by atoms with Crippen LogP contribution in [0.3, 0.4) is 0 Å². The molecule has 0 saturated carbocycles.